The molecule has 1 saturated heterocycles. The number of nitrogens with one attached hydrogen (secondary N) is 2. The molecule has 0 aliphatic carbocycles. The predicted molar refractivity (Wildman–Crippen MR) is 90.3 cm³/mol. The van der Waals surface area contributed by atoms with Crippen LogP contribution in [0.2, 0.25) is 0 Å². The number of hydrogen-bond acceptors (Lipinski definition) is 4. The van der Waals surface area contributed by atoms with E-state index < -0.39 is 17.5 Å². The maximum absolute atomic E-state index is 12.5. The summed E-state index contributed by atoms with van der Waals surface area (Å²) < 4.78 is 0. The third-order valence-corrected chi connectivity index (χ3v) is 4.32. The third kappa shape index (κ3) is 3.41. The first-order valence-corrected chi connectivity index (χ1v) is 7.79. The number of carbonyl (C=O) groups excluding carboxylic acids is 3. The molecule has 0 bridgehead atoms. The number of imide groups is 1. The minimum Gasteiger partial charge on any atom is -0.341 e. The summed E-state index contributed by atoms with van der Waals surface area (Å²) in [5.74, 6) is -0.526. The normalized spacial score (nSPS) is 20.5. The van der Waals surface area contributed by atoms with Gasteiger partial charge in [0.2, 0.25) is 0 Å². The molecule has 7 nitrogen and oxygen atoms in total. The highest BCUT2D eigenvalue weighted by Gasteiger charge is 2.43. The molecule has 1 aromatic rings. The highest BCUT2D eigenvalue weighted by molar-refractivity contribution is 6.07. The summed E-state index contributed by atoms with van der Waals surface area (Å²) in [5, 5.41) is 4.82. The molecule has 4 amide bonds. The van der Waals surface area contributed by atoms with Crippen LogP contribution in [0.1, 0.15) is 36.7 Å². The third-order valence-electron chi connectivity index (χ3n) is 4.32. The van der Waals surface area contributed by atoms with Gasteiger partial charge < -0.3 is 16.0 Å². The molecule has 1 atom stereocenters. The number of urea groups is 1. The molecular weight excluding hydrogens is 308 g/mol. The van der Waals surface area contributed by atoms with Gasteiger partial charge in [-0.25, -0.2) is 4.79 Å². The summed E-state index contributed by atoms with van der Waals surface area (Å²) in [6.45, 7) is 6.65. The van der Waals surface area contributed by atoms with Gasteiger partial charge in [-0.05, 0) is 36.6 Å². The Labute approximate surface area is 141 Å². The first-order chi connectivity index (χ1) is 11.1. The zero-order chi connectivity index (χ0) is 18.1. The van der Waals surface area contributed by atoms with Gasteiger partial charge in [-0.2, -0.15) is 0 Å². The van der Waals surface area contributed by atoms with E-state index in [1.807, 2.05) is 13.8 Å². The van der Waals surface area contributed by atoms with E-state index in [1.54, 1.807) is 43.1 Å². The second-order valence-corrected chi connectivity index (χ2v) is 7.14. The fraction of sp³-hybridized carbons (Fsp3) is 0.471. The molecule has 0 spiro atoms. The molecule has 4 N–H and O–H groups in total. The number of carbonyl (C=O) groups is 3. The Balaban J connectivity index is 2.16. The number of nitrogens with zero attached hydrogens (tertiary/aromatic N) is 1. The summed E-state index contributed by atoms with van der Waals surface area (Å²) in [5.41, 5.74) is 5.56. The van der Waals surface area contributed by atoms with E-state index in [4.69, 9.17) is 5.73 Å². The van der Waals surface area contributed by atoms with Gasteiger partial charge in [0.05, 0.1) is 0 Å². The molecule has 0 radical (unpaired) electrons. The first kappa shape index (κ1) is 17.9. The van der Waals surface area contributed by atoms with Crippen LogP contribution in [0.5, 0.6) is 0 Å². The van der Waals surface area contributed by atoms with E-state index >= 15 is 0 Å². The maximum atomic E-state index is 12.5. The number of rotatable bonds is 5. The largest absolute Gasteiger partial charge is 0.341 e. The quantitative estimate of drug-likeness (QED) is 0.694. The van der Waals surface area contributed by atoms with Crippen molar-refractivity contribution < 1.29 is 14.4 Å². The van der Waals surface area contributed by atoms with Gasteiger partial charge in [0.1, 0.15) is 5.54 Å². The lowest BCUT2D eigenvalue weighted by Gasteiger charge is -2.29. The molecule has 1 heterocycles. The molecule has 1 unspecified atom stereocenters. The standard InChI is InChI=1S/C17H24N4O3/c1-16(2,9-18)10-21(4)13(22)11-5-7-12(8-6-11)17(3)14(23)19-15(24)20-17/h5-8H,9-10,18H2,1-4H3,(H2,19,20,23,24). The molecule has 0 aromatic heterocycles. The van der Waals surface area contributed by atoms with Crippen molar-refractivity contribution in [3.8, 4) is 0 Å². The second-order valence-electron chi connectivity index (χ2n) is 7.14. The van der Waals surface area contributed by atoms with Crippen LogP contribution in [0, 0.1) is 5.41 Å². The van der Waals surface area contributed by atoms with Crippen molar-refractivity contribution in [1.82, 2.24) is 15.5 Å². The van der Waals surface area contributed by atoms with Crippen molar-refractivity contribution in [3.05, 3.63) is 35.4 Å². The van der Waals surface area contributed by atoms with Gasteiger partial charge in [0.25, 0.3) is 11.8 Å². The fourth-order valence-corrected chi connectivity index (χ4v) is 2.69. The van der Waals surface area contributed by atoms with E-state index in [2.05, 4.69) is 10.6 Å². The fourth-order valence-electron chi connectivity index (χ4n) is 2.69. The average Bonchev–Trinajstić information content (AvgIpc) is 2.79. The van der Waals surface area contributed by atoms with Crippen molar-refractivity contribution in [2.45, 2.75) is 26.3 Å². The number of nitrogens with two attached hydrogens (primary N) is 1. The maximum Gasteiger partial charge on any atom is 0.322 e. The Kier molecular flexibility index (Phi) is 4.66. The molecule has 0 saturated carbocycles. The Morgan fingerprint density at radius 2 is 1.83 bits per heavy atom. The van der Waals surface area contributed by atoms with Crippen LogP contribution in [0.25, 0.3) is 0 Å². The summed E-state index contributed by atoms with van der Waals surface area (Å²) in [6, 6.07) is 6.16. The van der Waals surface area contributed by atoms with Gasteiger partial charge >= 0.3 is 6.03 Å². The lowest BCUT2D eigenvalue weighted by atomic mass is 9.91. The molecule has 1 fully saturated rings. The minimum absolute atomic E-state index is 0.117. The molecule has 1 aliphatic heterocycles. The van der Waals surface area contributed by atoms with Crippen molar-refractivity contribution in [2.75, 3.05) is 20.1 Å². The van der Waals surface area contributed by atoms with Crippen LogP contribution < -0.4 is 16.4 Å². The molecule has 24 heavy (non-hydrogen) atoms. The van der Waals surface area contributed by atoms with E-state index in [1.165, 1.54) is 0 Å². The SMILES string of the molecule is CN(CC(C)(C)CN)C(=O)c1ccc(C2(C)NC(=O)NC2=O)cc1. The topological polar surface area (TPSA) is 105 Å². The molecule has 130 valence electrons. The van der Waals surface area contributed by atoms with E-state index in [9.17, 15) is 14.4 Å². The van der Waals surface area contributed by atoms with Crippen molar-refractivity contribution in [2.24, 2.45) is 11.1 Å². The first-order valence-electron chi connectivity index (χ1n) is 7.79. The van der Waals surface area contributed by atoms with Crippen molar-refractivity contribution >= 4 is 17.8 Å². The van der Waals surface area contributed by atoms with Crippen LogP contribution in [0.4, 0.5) is 4.79 Å². The Morgan fingerprint density at radius 3 is 2.29 bits per heavy atom. The van der Waals surface area contributed by atoms with Gasteiger partial charge in [0.15, 0.2) is 0 Å². The van der Waals surface area contributed by atoms with Gasteiger partial charge in [-0.15, -0.1) is 0 Å². The van der Waals surface area contributed by atoms with E-state index in [0.29, 0.717) is 24.2 Å². The molecule has 1 aromatic carbocycles. The van der Waals surface area contributed by atoms with Crippen LogP contribution in [-0.4, -0.2) is 42.9 Å². The van der Waals surface area contributed by atoms with Crippen LogP contribution in [0.3, 0.4) is 0 Å². The zero-order valence-electron chi connectivity index (χ0n) is 14.5. The molecule has 7 heteroatoms. The van der Waals surface area contributed by atoms with Crippen LogP contribution in [0.15, 0.2) is 24.3 Å². The molecule has 2 rings (SSSR count). The smallest absolute Gasteiger partial charge is 0.322 e. The zero-order valence-corrected chi connectivity index (χ0v) is 14.5. The predicted octanol–water partition coefficient (Wildman–Crippen LogP) is 0.798. The van der Waals surface area contributed by atoms with Gasteiger partial charge in [-0.3, -0.25) is 14.9 Å². The monoisotopic (exact) mass is 332 g/mol. The highest BCUT2D eigenvalue weighted by Crippen LogP contribution is 2.25. The summed E-state index contributed by atoms with van der Waals surface area (Å²) in [7, 11) is 1.74. The van der Waals surface area contributed by atoms with Crippen molar-refractivity contribution in [1.29, 1.82) is 0 Å². The van der Waals surface area contributed by atoms with Gasteiger partial charge in [0, 0.05) is 19.2 Å². The van der Waals surface area contributed by atoms with Gasteiger partial charge in [-0.1, -0.05) is 26.0 Å². The molecular formula is C17H24N4O3. The molecule has 1 aliphatic rings. The second kappa shape index (κ2) is 6.24. The summed E-state index contributed by atoms with van der Waals surface area (Å²) >= 11 is 0. The Hall–Kier alpha value is -2.41. The highest BCUT2D eigenvalue weighted by atomic mass is 16.2. The van der Waals surface area contributed by atoms with Crippen LogP contribution >= 0.6 is 0 Å². The van der Waals surface area contributed by atoms with Crippen LogP contribution in [-0.2, 0) is 10.3 Å². The summed E-state index contributed by atoms with van der Waals surface area (Å²) in [4.78, 5) is 37.4. The number of benzene rings is 1. The Bertz CT molecular complexity index is 669. The number of amides is 4. The lowest BCUT2D eigenvalue weighted by molar-refractivity contribution is -0.123. The number of hydrogen-bond donors (Lipinski definition) is 3. The minimum atomic E-state index is -1.12. The average molecular weight is 332 g/mol. The van der Waals surface area contributed by atoms with E-state index in [0.717, 1.165) is 0 Å². The lowest BCUT2D eigenvalue weighted by Crippen LogP contribution is -2.41. The van der Waals surface area contributed by atoms with Crippen molar-refractivity contribution in [3.63, 3.8) is 0 Å². The summed E-state index contributed by atoms with van der Waals surface area (Å²) in [6.07, 6.45) is 0. The van der Waals surface area contributed by atoms with E-state index in [-0.39, 0.29) is 11.3 Å². The Morgan fingerprint density at radius 1 is 1.25 bits per heavy atom.